The van der Waals surface area contributed by atoms with Gasteiger partial charge in [0, 0.05) is 39.3 Å². The number of rotatable bonds is 5. The van der Waals surface area contributed by atoms with E-state index in [1.807, 2.05) is 0 Å². The van der Waals surface area contributed by atoms with Crippen LogP contribution in [0.2, 0.25) is 10.0 Å². The predicted molar refractivity (Wildman–Crippen MR) is 109 cm³/mol. The number of benzene rings is 1. The molecule has 0 bridgehead atoms. The molecule has 0 spiro atoms. The minimum Gasteiger partial charge on any atom is -0.392 e. The van der Waals surface area contributed by atoms with Gasteiger partial charge in [-0.05, 0) is 24.1 Å². The summed E-state index contributed by atoms with van der Waals surface area (Å²) in [6.07, 6.45) is 1.70. The number of nitrogens with zero attached hydrogens (tertiary/aromatic N) is 3. The number of aliphatic hydroxyl groups excluding tert-OH is 1. The lowest BCUT2D eigenvalue weighted by Crippen LogP contribution is -2.59. The monoisotopic (exact) mass is 449 g/mol. The summed E-state index contributed by atoms with van der Waals surface area (Å²) < 4.78 is 25.4. The first kappa shape index (κ1) is 21.8. The minimum absolute atomic E-state index is 0.0729. The lowest BCUT2D eigenvalue weighted by Gasteiger charge is -2.42. The van der Waals surface area contributed by atoms with Gasteiger partial charge in [0.1, 0.15) is 0 Å². The van der Waals surface area contributed by atoms with Gasteiger partial charge < -0.3 is 10.0 Å². The van der Waals surface area contributed by atoms with E-state index in [2.05, 4.69) is 4.90 Å². The Morgan fingerprint density at radius 3 is 2.54 bits per heavy atom. The number of amides is 1. The van der Waals surface area contributed by atoms with Crippen molar-refractivity contribution in [2.75, 3.05) is 45.5 Å². The van der Waals surface area contributed by atoms with Gasteiger partial charge in [-0.2, -0.15) is 4.31 Å². The molecule has 2 heterocycles. The Kier molecular flexibility index (Phi) is 6.89. The maximum absolute atomic E-state index is 13.0. The summed E-state index contributed by atoms with van der Waals surface area (Å²) in [6.45, 7) is 2.71. The summed E-state index contributed by atoms with van der Waals surface area (Å²) in [5.41, 5.74) is 0.764. The summed E-state index contributed by atoms with van der Waals surface area (Å²) in [5, 5.41) is 10.6. The van der Waals surface area contributed by atoms with Crippen LogP contribution in [0.1, 0.15) is 12.0 Å². The molecule has 2 fully saturated rings. The van der Waals surface area contributed by atoms with Gasteiger partial charge in [0.05, 0.1) is 34.9 Å². The highest BCUT2D eigenvalue weighted by Gasteiger charge is 2.36. The van der Waals surface area contributed by atoms with Crippen LogP contribution in [0, 0.1) is 0 Å². The molecule has 0 aromatic heterocycles. The third-order valence-corrected chi connectivity index (χ3v) is 7.30. The zero-order valence-corrected chi connectivity index (χ0v) is 18.0. The zero-order chi connectivity index (χ0) is 20.5. The van der Waals surface area contributed by atoms with E-state index in [-0.39, 0.29) is 37.6 Å². The van der Waals surface area contributed by atoms with Crippen molar-refractivity contribution < 1.29 is 18.3 Å². The van der Waals surface area contributed by atoms with Crippen LogP contribution < -0.4 is 0 Å². The van der Waals surface area contributed by atoms with Crippen LogP contribution in [0.4, 0.5) is 0 Å². The average Bonchev–Trinajstić information content (AvgIpc) is 3.02. The quantitative estimate of drug-likeness (QED) is 0.726. The van der Waals surface area contributed by atoms with E-state index in [1.54, 1.807) is 23.1 Å². The molecule has 1 N–H and O–H groups in total. The molecule has 7 nitrogen and oxygen atoms in total. The Morgan fingerprint density at radius 1 is 1.18 bits per heavy atom. The fourth-order valence-corrected chi connectivity index (χ4v) is 4.99. The van der Waals surface area contributed by atoms with E-state index in [9.17, 15) is 18.3 Å². The minimum atomic E-state index is -3.33. The lowest BCUT2D eigenvalue weighted by atomic mass is 10.1. The van der Waals surface area contributed by atoms with Crippen molar-refractivity contribution >= 4 is 39.1 Å². The number of sulfonamides is 1. The Hall–Kier alpha value is -0.900. The number of aliphatic hydroxyl groups is 1. The van der Waals surface area contributed by atoms with E-state index in [1.165, 1.54) is 10.6 Å². The lowest BCUT2D eigenvalue weighted by molar-refractivity contribution is -0.135. The van der Waals surface area contributed by atoms with E-state index < -0.39 is 10.0 Å². The predicted octanol–water partition coefficient (Wildman–Crippen LogP) is 1.07. The van der Waals surface area contributed by atoms with Crippen molar-refractivity contribution in [1.82, 2.24) is 14.1 Å². The second-order valence-corrected chi connectivity index (χ2v) is 10.3. The van der Waals surface area contributed by atoms with Crippen LogP contribution >= 0.6 is 23.2 Å². The van der Waals surface area contributed by atoms with E-state index in [4.69, 9.17) is 23.2 Å². The molecule has 2 aliphatic heterocycles. The number of hydrogen-bond acceptors (Lipinski definition) is 5. The summed E-state index contributed by atoms with van der Waals surface area (Å²) in [5.74, 6) is -0.0729. The molecule has 1 aromatic rings. The molecule has 0 radical (unpaired) electrons. The second-order valence-electron chi connectivity index (χ2n) is 7.49. The smallest absolute Gasteiger partial charge is 0.227 e. The molecule has 28 heavy (non-hydrogen) atoms. The van der Waals surface area contributed by atoms with Crippen molar-refractivity contribution in [3.63, 3.8) is 0 Å². The number of halogens is 2. The van der Waals surface area contributed by atoms with Crippen LogP contribution in [0.25, 0.3) is 0 Å². The highest BCUT2D eigenvalue weighted by molar-refractivity contribution is 7.88. The summed E-state index contributed by atoms with van der Waals surface area (Å²) in [6, 6.07) is 4.85. The van der Waals surface area contributed by atoms with Crippen molar-refractivity contribution in [2.24, 2.45) is 0 Å². The maximum atomic E-state index is 13.0. The van der Waals surface area contributed by atoms with Gasteiger partial charge in [-0.25, -0.2) is 8.42 Å². The highest BCUT2D eigenvalue weighted by atomic mass is 35.5. The first-order valence-corrected chi connectivity index (χ1v) is 11.8. The van der Waals surface area contributed by atoms with Crippen molar-refractivity contribution in [2.45, 2.75) is 25.0 Å². The third kappa shape index (κ3) is 5.37. The molecule has 0 saturated carbocycles. The molecule has 10 heteroatoms. The third-order valence-electron chi connectivity index (χ3n) is 5.29. The van der Waals surface area contributed by atoms with E-state index in [0.717, 1.165) is 12.1 Å². The number of likely N-dealkylation sites (tertiary alicyclic amines) is 1. The summed E-state index contributed by atoms with van der Waals surface area (Å²) >= 11 is 12.0. The number of β-amino-alcohol motifs (C(OH)–C–C–N with tert-alkyl or cyclic N) is 1. The van der Waals surface area contributed by atoms with Gasteiger partial charge in [0.25, 0.3) is 0 Å². The molecular weight excluding hydrogens is 425 g/mol. The molecule has 156 valence electrons. The maximum Gasteiger partial charge on any atom is 0.227 e. The van der Waals surface area contributed by atoms with Crippen LogP contribution in [0.15, 0.2) is 18.2 Å². The summed E-state index contributed by atoms with van der Waals surface area (Å²) in [7, 11) is -3.33. The molecule has 2 atom stereocenters. The van der Waals surface area contributed by atoms with Crippen LogP contribution in [-0.2, 0) is 21.2 Å². The number of carbonyl (C=O) groups is 1. The Balaban J connectivity index is 1.73. The van der Waals surface area contributed by atoms with Gasteiger partial charge >= 0.3 is 0 Å². The molecule has 1 aromatic carbocycles. The SMILES string of the molecule is CS(=O)(=O)N1CCN(C(=O)Cc2ccc(Cl)c(Cl)c2)[C@H](CN2CC[C@H](O)C2)C1. The van der Waals surface area contributed by atoms with E-state index in [0.29, 0.717) is 36.1 Å². The van der Waals surface area contributed by atoms with Crippen LogP contribution in [0.5, 0.6) is 0 Å². The van der Waals surface area contributed by atoms with Crippen molar-refractivity contribution in [1.29, 1.82) is 0 Å². The molecular formula is C18H25Cl2N3O4S. The standard InChI is InChI=1S/C18H25Cl2N3O4S/c1-28(26,27)22-6-7-23(14(11-22)10-21-5-4-15(24)12-21)18(25)9-13-2-3-16(19)17(20)8-13/h2-3,8,14-15,24H,4-7,9-12H2,1H3/t14-,15+/m1/s1. The molecule has 3 rings (SSSR count). The molecule has 2 aliphatic rings. The van der Waals surface area contributed by atoms with Gasteiger partial charge in [0.15, 0.2) is 0 Å². The zero-order valence-electron chi connectivity index (χ0n) is 15.7. The fraction of sp³-hybridized carbons (Fsp3) is 0.611. The Morgan fingerprint density at radius 2 is 1.93 bits per heavy atom. The molecule has 0 unspecified atom stereocenters. The molecule has 1 amide bonds. The van der Waals surface area contributed by atoms with Gasteiger partial charge in [-0.15, -0.1) is 0 Å². The largest absolute Gasteiger partial charge is 0.392 e. The second kappa shape index (κ2) is 8.85. The molecule has 0 aliphatic carbocycles. The first-order valence-electron chi connectivity index (χ1n) is 9.22. The Bertz CT molecular complexity index is 836. The topological polar surface area (TPSA) is 81.2 Å². The fourth-order valence-electron chi connectivity index (χ4n) is 3.81. The van der Waals surface area contributed by atoms with Crippen molar-refractivity contribution in [3.05, 3.63) is 33.8 Å². The highest BCUT2D eigenvalue weighted by Crippen LogP contribution is 2.24. The Labute approximate surface area is 175 Å². The number of hydrogen-bond donors (Lipinski definition) is 1. The normalized spacial score (nSPS) is 24.6. The number of piperazine rings is 1. The van der Waals surface area contributed by atoms with E-state index >= 15 is 0 Å². The van der Waals surface area contributed by atoms with Crippen LogP contribution in [0.3, 0.4) is 0 Å². The molecule has 2 saturated heterocycles. The number of carbonyl (C=O) groups excluding carboxylic acids is 1. The summed E-state index contributed by atoms with van der Waals surface area (Å²) in [4.78, 5) is 16.8. The van der Waals surface area contributed by atoms with Crippen LogP contribution in [-0.4, -0.2) is 91.2 Å². The van der Waals surface area contributed by atoms with Gasteiger partial charge in [-0.3, -0.25) is 9.69 Å². The van der Waals surface area contributed by atoms with Gasteiger partial charge in [-0.1, -0.05) is 29.3 Å². The van der Waals surface area contributed by atoms with Gasteiger partial charge in [0.2, 0.25) is 15.9 Å². The van der Waals surface area contributed by atoms with Crippen molar-refractivity contribution in [3.8, 4) is 0 Å². The first-order chi connectivity index (χ1) is 13.1. The average molecular weight is 450 g/mol.